The molecule has 2 N–H and O–H groups in total. The first-order valence-electron chi connectivity index (χ1n) is 4.33. The highest BCUT2D eigenvalue weighted by molar-refractivity contribution is 6.30. The Morgan fingerprint density at radius 3 is 2.85 bits per heavy atom. The molecule has 1 rings (SSSR count). The van der Waals surface area contributed by atoms with Crippen molar-refractivity contribution in [2.75, 3.05) is 6.54 Å². The van der Waals surface area contributed by atoms with Crippen LogP contribution in [-0.2, 0) is 6.42 Å². The first-order chi connectivity index (χ1) is 6.22. The molecule has 0 aromatic heterocycles. The lowest BCUT2D eigenvalue weighted by atomic mass is 10.0. The Hall–Kier alpha value is -0.790. The molecule has 1 nitrogen and oxygen atoms in total. The molecule has 0 aliphatic rings. The molecule has 0 heterocycles. The first kappa shape index (κ1) is 10.3. The maximum Gasteiger partial charge on any atom is 0.0408 e. The van der Waals surface area contributed by atoms with E-state index in [4.69, 9.17) is 17.3 Å². The second-order valence-corrected chi connectivity index (χ2v) is 3.53. The summed E-state index contributed by atoms with van der Waals surface area (Å²) in [7, 11) is 0. The normalized spacial score (nSPS) is 10.0. The molecule has 0 spiro atoms. The van der Waals surface area contributed by atoms with E-state index in [0.29, 0.717) is 6.54 Å². The van der Waals surface area contributed by atoms with Crippen molar-refractivity contribution in [3.63, 3.8) is 0 Å². The zero-order valence-electron chi connectivity index (χ0n) is 7.59. The molecule has 0 radical (unpaired) electrons. The van der Waals surface area contributed by atoms with E-state index in [1.54, 1.807) is 0 Å². The molecule has 0 fully saturated rings. The van der Waals surface area contributed by atoms with E-state index in [1.807, 2.05) is 24.3 Å². The van der Waals surface area contributed by atoms with Gasteiger partial charge in [0.1, 0.15) is 0 Å². The van der Waals surface area contributed by atoms with Crippen molar-refractivity contribution in [3.8, 4) is 0 Å². The summed E-state index contributed by atoms with van der Waals surface area (Å²) in [6.45, 7) is 4.61. The van der Waals surface area contributed by atoms with Crippen LogP contribution in [0.4, 0.5) is 0 Å². The summed E-state index contributed by atoms with van der Waals surface area (Å²) in [5.74, 6) is 0. The predicted molar refractivity (Wildman–Crippen MR) is 58.0 cm³/mol. The fraction of sp³-hybridized carbons (Fsp3) is 0.273. The van der Waals surface area contributed by atoms with E-state index in [-0.39, 0.29) is 0 Å². The number of benzene rings is 1. The molecule has 70 valence electrons. The molecule has 13 heavy (non-hydrogen) atoms. The quantitative estimate of drug-likeness (QED) is 0.735. The highest BCUT2D eigenvalue weighted by Gasteiger charge is 1.97. The maximum atomic E-state index is 5.85. The minimum atomic E-state index is 0.666. The van der Waals surface area contributed by atoms with E-state index >= 15 is 0 Å². The van der Waals surface area contributed by atoms with Crippen molar-refractivity contribution in [3.05, 3.63) is 47.0 Å². The van der Waals surface area contributed by atoms with E-state index in [1.165, 1.54) is 5.56 Å². The van der Waals surface area contributed by atoms with Crippen LogP contribution < -0.4 is 5.73 Å². The largest absolute Gasteiger partial charge is 0.330 e. The molecule has 2 heteroatoms. The summed E-state index contributed by atoms with van der Waals surface area (Å²) in [6, 6.07) is 7.83. The lowest BCUT2D eigenvalue weighted by molar-refractivity contribution is 0.914. The van der Waals surface area contributed by atoms with Crippen molar-refractivity contribution in [1.82, 2.24) is 0 Å². The average molecular weight is 196 g/mol. The SMILES string of the molecule is C=C(CCN)Cc1cccc(Cl)c1. The minimum absolute atomic E-state index is 0.666. The summed E-state index contributed by atoms with van der Waals surface area (Å²) in [4.78, 5) is 0. The molecule has 0 unspecified atom stereocenters. The van der Waals surface area contributed by atoms with Crippen LogP contribution in [0.25, 0.3) is 0 Å². The maximum absolute atomic E-state index is 5.85. The van der Waals surface area contributed by atoms with Crippen LogP contribution in [-0.4, -0.2) is 6.54 Å². The van der Waals surface area contributed by atoms with Crippen LogP contribution in [0.3, 0.4) is 0 Å². The third kappa shape index (κ3) is 3.62. The van der Waals surface area contributed by atoms with Crippen LogP contribution in [0.15, 0.2) is 36.4 Å². The molecule has 0 saturated carbocycles. The summed E-state index contributed by atoms with van der Waals surface area (Å²) in [5.41, 5.74) is 7.78. The molecule has 0 atom stereocenters. The predicted octanol–water partition coefficient (Wildman–Crippen LogP) is 2.79. The van der Waals surface area contributed by atoms with Crippen molar-refractivity contribution >= 4 is 11.6 Å². The van der Waals surface area contributed by atoms with Gasteiger partial charge < -0.3 is 5.73 Å². The Kier molecular flexibility index (Phi) is 4.00. The van der Waals surface area contributed by atoms with Gasteiger partial charge in [-0.3, -0.25) is 0 Å². The van der Waals surface area contributed by atoms with Gasteiger partial charge in [-0.05, 0) is 37.1 Å². The number of hydrogen-bond donors (Lipinski definition) is 1. The van der Waals surface area contributed by atoms with E-state index in [9.17, 15) is 0 Å². The highest BCUT2D eigenvalue weighted by Crippen LogP contribution is 2.14. The van der Waals surface area contributed by atoms with Crippen molar-refractivity contribution < 1.29 is 0 Å². The Bertz CT molecular complexity index is 294. The molecule has 0 amide bonds. The molecule has 0 bridgehead atoms. The van der Waals surface area contributed by atoms with Crippen molar-refractivity contribution in [2.45, 2.75) is 12.8 Å². The van der Waals surface area contributed by atoms with Gasteiger partial charge in [0.05, 0.1) is 0 Å². The van der Waals surface area contributed by atoms with Crippen LogP contribution >= 0.6 is 11.6 Å². The van der Waals surface area contributed by atoms with Gasteiger partial charge in [-0.1, -0.05) is 35.9 Å². The fourth-order valence-corrected chi connectivity index (χ4v) is 1.44. The van der Waals surface area contributed by atoms with Gasteiger partial charge in [0.15, 0.2) is 0 Å². The lowest BCUT2D eigenvalue weighted by Crippen LogP contribution is -2.01. The summed E-state index contributed by atoms with van der Waals surface area (Å²) in [6.07, 6.45) is 1.75. The second-order valence-electron chi connectivity index (χ2n) is 3.10. The van der Waals surface area contributed by atoms with Gasteiger partial charge >= 0.3 is 0 Å². The Morgan fingerprint density at radius 1 is 1.46 bits per heavy atom. The molecule has 1 aromatic carbocycles. The Labute approximate surface area is 84.2 Å². The number of hydrogen-bond acceptors (Lipinski definition) is 1. The van der Waals surface area contributed by atoms with Crippen LogP contribution in [0.2, 0.25) is 5.02 Å². The molecule has 1 aromatic rings. The molecule has 0 saturated heterocycles. The molecular formula is C11H14ClN. The minimum Gasteiger partial charge on any atom is -0.330 e. The van der Waals surface area contributed by atoms with Gasteiger partial charge in [-0.15, -0.1) is 0 Å². The van der Waals surface area contributed by atoms with E-state index in [2.05, 4.69) is 6.58 Å². The Balaban J connectivity index is 2.58. The summed E-state index contributed by atoms with van der Waals surface area (Å²) >= 11 is 5.85. The van der Waals surface area contributed by atoms with Gasteiger partial charge in [0.2, 0.25) is 0 Å². The number of nitrogens with two attached hydrogens (primary N) is 1. The number of rotatable bonds is 4. The number of halogens is 1. The first-order valence-corrected chi connectivity index (χ1v) is 4.71. The fourth-order valence-electron chi connectivity index (χ4n) is 1.23. The highest BCUT2D eigenvalue weighted by atomic mass is 35.5. The smallest absolute Gasteiger partial charge is 0.0408 e. The van der Waals surface area contributed by atoms with Gasteiger partial charge in [0.25, 0.3) is 0 Å². The van der Waals surface area contributed by atoms with Crippen molar-refractivity contribution in [2.24, 2.45) is 5.73 Å². The van der Waals surface area contributed by atoms with E-state index in [0.717, 1.165) is 23.4 Å². The standard InChI is InChI=1S/C11H14ClN/c1-9(5-6-13)7-10-3-2-4-11(12)8-10/h2-4,8H,1,5-7,13H2. The molecule has 0 aliphatic carbocycles. The third-order valence-corrected chi connectivity index (χ3v) is 2.08. The summed E-state index contributed by atoms with van der Waals surface area (Å²) in [5, 5.41) is 0.776. The average Bonchev–Trinajstić information content (AvgIpc) is 2.04. The zero-order chi connectivity index (χ0) is 9.68. The molecular weight excluding hydrogens is 182 g/mol. The Morgan fingerprint density at radius 2 is 2.23 bits per heavy atom. The lowest BCUT2D eigenvalue weighted by Gasteiger charge is -2.04. The van der Waals surface area contributed by atoms with Crippen LogP contribution in [0.5, 0.6) is 0 Å². The van der Waals surface area contributed by atoms with E-state index < -0.39 is 0 Å². The van der Waals surface area contributed by atoms with Gasteiger partial charge in [0, 0.05) is 5.02 Å². The zero-order valence-corrected chi connectivity index (χ0v) is 8.35. The van der Waals surface area contributed by atoms with Crippen LogP contribution in [0.1, 0.15) is 12.0 Å². The van der Waals surface area contributed by atoms with Crippen molar-refractivity contribution in [1.29, 1.82) is 0 Å². The third-order valence-electron chi connectivity index (χ3n) is 1.84. The topological polar surface area (TPSA) is 26.0 Å². The molecule has 0 aliphatic heterocycles. The summed E-state index contributed by atoms with van der Waals surface area (Å²) < 4.78 is 0. The van der Waals surface area contributed by atoms with Gasteiger partial charge in [-0.2, -0.15) is 0 Å². The van der Waals surface area contributed by atoms with Crippen LogP contribution in [0, 0.1) is 0 Å². The monoisotopic (exact) mass is 195 g/mol. The second kappa shape index (κ2) is 5.05. The van der Waals surface area contributed by atoms with Gasteiger partial charge in [-0.25, -0.2) is 0 Å².